The maximum absolute atomic E-state index is 15.4. The first-order valence-corrected chi connectivity index (χ1v) is 12.1. The van der Waals surface area contributed by atoms with Crippen LogP contribution in [0, 0.1) is 24.4 Å². The van der Waals surface area contributed by atoms with E-state index in [0.29, 0.717) is 6.07 Å². The van der Waals surface area contributed by atoms with Crippen LogP contribution in [-0.4, -0.2) is 41.6 Å². The molecule has 0 saturated carbocycles. The van der Waals surface area contributed by atoms with Crippen molar-refractivity contribution in [3.8, 4) is 11.4 Å². The molecule has 0 fully saturated rings. The smallest absolute Gasteiger partial charge is 0.323 e. The van der Waals surface area contributed by atoms with Gasteiger partial charge in [0.1, 0.15) is 34.8 Å². The van der Waals surface area contributed by atoms with Crippen molar-refractivity contribution in [2.24, 2.45) is 5.73 Å². The lowest BCUT2D eigenvalue weighted by molar-refractivity contribution is -0.156. The molecule has 0 spiro atoms. The molecule has 1 heterocycles. The van der Waals surface area contributed by atoms with E-state index >= 15 is 4.39 Å². The highest BCUT2D eigenvalue weighted by Gasteiger charge is 2.24. The van der Waals surface area contributed by atoms with Crippen LogP contribution in [0.4, 0.5) is 19.0 Å². The number of benzene rings is 2. The number of nitrogens with one attached hydrogen (secondary N) is 1. The Morgan fingerprint density at radius 3 is 2.28 bits per heavy atom. The summed E-state index contributed by atoms with van der Waals surface area (Å²) in [6.07, 6.45) is 0.116. The van der Waals surface area contributed by atoms with E-state index in [0.717, 1.165) is 28.8 Å². The molecule has 2 aromatic carbocycles. The average molecular weight is 546 g/mol. The molecule has 1 unspecified atom stereocenters. The van der Waals surface area contributed by atoms with Gasteiger partial charge in [-0.3, -0.25) is 19.0 Å². The summed E-state index contributed by atoms with van der Waals surface area (Å²) in [5.41, 5.74) is 4.10. The fraction of sp³-hybridized carbons (Fsp3) is 0.321. The van der Waals surface area contributed by atoms with Gasteiger partial charge < -0.3 is 20.5 Å². The highest BCUT2D eigenvalue weighted by molar-refractivity contribution is 6.12. The summed E-state index contributed by atoms with van der Waals surface area (Å²) in [4.78, 5) is 38.0. The molecule has 0 saturated heterocycles. The first kappa shape index (κ1) is 29.4. The van der Waals surface area contributed by atoms with Crippen LogP contribution >= 0.6 is 0 Å². The van der Waals surface area contributed by atoms with E-state index in [1.165, 1.54) is 26.1 Å². The second-order valence-electron chi connectivity index (χ2n) is 9.82. The number of ether oxygens (including phenoxy) is 2. The molecule has 8 nitrogen and oxygen atoms in total. The summed E-state index contributed by atoms with van der Waals surface area (Å²) in [6.45, 7) is 6.70. The standard InChI is InChI=1S/C28H30F3N3O5/c1-15-12-17(38-11-10-22(32)27(37)39-28(2,3)4)14-21(31)24(15)34-23(35)9-8-19(26(34)33-5)25(36)18-7-6-16(29)13-20(18)30/h6-9,12-14,22,33H,10-11,32H2,1-5H3. The lowest BCUT2D eigenvalue weighted by Gasteiger charge is -2.22. The second kappa shape index (κ2) is 11.7. The molecule has 0 aliphatic rings. The number of esters is 1. The number of aryl methyl sites for hydroxylation is 1. The Morgan fingerprint density at radius 1 is 1.03 bits per heavy atom. The molecule has 1 aromatic heterocycles. The topological polar surface area (TPSA) is 113 Å². The minimum absolute atomic E-state index is 0.00638. The Bertz CT molecular complexity index is 1440. The quantitative estimate of drug-likeness (QED) is 0.305. The predicted molar refractivity (Wildman–Crippen MR) is 140 cm³/mol. The number of hydrogen-bond acceptors (Lipinski definition) is 7. The van der Waals surface area contributed by atoms with Crippen molar-refractivity contribution in [3.63, 3.8) is 0 Å². The van der Waals surface area contributed by atoms with Crippen molar-refractivity contribution in [3.05, 3.63) is 87.0 Å². The molecule has 11 heteroatoms. The molecule has 0 radical (unpaired) electrons. The summed E-state index contributed by atoms with van der Waals surface area (Å²) in [7, 11) is 1.42. The van der Waals surface area contributed by atoms with Gasteiger partial charge in [0.2, 0.25) is 0 Å². The number of pyridine rings is 1. The monoisotopic (exact) mass is 545 g/mol. The minimum Gasteiger partial charge on any atom is -0.493 e. The number of carbonyl (C=O) groups excluding carboxylic acids is 2. The van der Waals surface area contributed by atoms with Gasteiger partial charge in [-0.2, -0.15) is 0 Å². The van der Waals surface area contributed by atoms with Crippen LogP contribution < -0.4 is 21.3 Å². The molecule has 0 bridgehead atoms. The molecule has 0 aliphatic heterocycles. The number of hydrogen-bond donors (Lipinski definition) is 2. The summed E-state index contributed by atoms with van der Waals surface area (Å²) >= 11 is 0. The van der Waals surface area contributed by atoms with E-state index in [-0.39, 0.29) is 41.4 Å². The van der Waals surface area contributed by atoms with Crippen LogP contribution in [0.25, 0.3) is 5.69 Å². The summed E-state index contributed by atoms with van der Waals surface area (Å²) in [5.74, 6) is -4.13. The van der Waals surface area contributed by atoms with Crippen LogP contribution in [0.3, 0.4) is 0 Å². The maximum Gasteiger partial charge on any atom is 0.323 e. The van der Waals surface area contributed by atoms with Crippen LogP contribution in [-0.2, 0) is 9.53 Å². The molecule has 208 valence electrons. The molecule has 3 N–H and O–H groups in total. The van der Waals surface area contributed by atoms with Crippen molar-refractivity contribution in [2.75, 3.05) is 19.0 Å². The van der Waals surface area contributed by atoms with Crippen molar-refractivity contribution in [1.29, 1.82) is 0 Å². The summed E-state index contributed by atoms with van der Waals surface area (Å²) in [6, 6.07) is 6.36. The Kier molecular flexibility index (Phi) is 8.85. The van der Waals surface area contributed by atoms with E-state index in [9.17, 15) is 23.2 Å². The van der Waals surface area contributed by atoms with E-state index in [2.05, 4.69) is 5.32 Å². The molecule has 0 amide bonds. The van der Waals surface area contributed by atoms with Gasteiger partial charge in [0.15, 0.2) is 11.6 Å². The van der Waals surface area contributed by atoms with Crippen molar-refractivity contribution in [2.45, 2.75) is 45.8 Å². The van der Waals surface area contributed by atoms with Crippen LogP contribution in [0.1, 0.15) is 48.7 Å². The van der Waals surface area contributed by atoms with Crippen molar-refractivity contribution >= 4 is 17.6 Å². The lowest BCUT2D eigenvalue weighted by Crippen LogP contribution is -2.38. The Morgan fingerprint density at radius 2 is 1.69 bits per heavy atom. The van der Waals surface area contributed by atoms with Crippen molar-refractivity contribution < 1.29 is 32.2 Å². The average Bonchev–Trinajstić information content (AvgIpc) is 2.83. The van der Waals surface area contributed by atoms with Crippen LogP contribution in [0.2, 0.25) is 0 Å². The largest absolute Gasteiger partial charge is 0.493 e. The fourth-order valence-corrected chi connectivity index (χ4v) is 3.88. The van der Waals surface area contributed by atoms with Gasteiger partial charge >= 0.3 is 5.97 Å². The zero-order valence-electron chi connectivity index (χ0n) is 22.2. The number of halogens is 3. The van der Waals surface area contributed by atoms with Gasteiger partial charge in [0.25, 0.3) is 5.56 Å². The first-order chi connectivity index (χ1) is 18.2. The van der Waals surface area contributed by atoms with Crippen LogP contribution in [0.15, 0.2) is 47.3 Å². The van der Waals surface area contributed by atoms with Gasteiger partial charge in [-0.1, -0.05) is 0 Å². The number of rotatable bonds is 9. The van der Waals surface area contributed by atoms with E-state index in [1.54, 1.807) is 20.8 Å². The molecule has 1 atom stereocenters. The number of nitrogens with zero attached hydrogens (tertiary/aromatic N) is 1. The molecule has 3 rings (SSSR count). The summed E-state index contributed by atoms with van der Waals surface area (Å²) in [5, 5.41) is 2.72. The number of ketones is 1. The normalized spacial score (nSPS) is 12.1. The third kappa shape index (κ3) is 6.85. The minimum atomic E-state index is -1.07. The van der Waals surface area contributed by atoms with E-state index < -0.39 is 52.0 Å². The summed E-state index contributed by atoms with van der Waals surface area (Å²) < 4.78 is 54.8. The van der Waals surface area contributed by atoms with Gasteiger partial charge in [0, 0.05) is 31.7 Å². The number of aromatic nitrogens is 1. The number of anilines is 1. The Balaban J connectivity index is 1.91. The first-order valence-electron chi connectivity index (χ1n) is 12.1. The molecule has 39 heavy (non-hydrogen) atoms. The van der Waals surface area contributed by atoms with Gasteiger partial charge in [-0.25, -0.2) is 13.2 Å². The highest BCUT2D eigenvalue weighted by Crippen LogP contribution is 2.29. The van der Waals surface area contributed by atoms with E-state index in [1.807, 2.05) is 0 Å². The zero-order chi connectivity index (χ0) is 29.1. The Hall–Kier alpha value is -4.12. The lowest BCUT2D eigenvalue weighted by atomic mass is 10.0. The molecule has 3 aromatic rings. The van der Waals surface area contributed by atoms with Crippen LogP contribution in [0.5, 0.6) is 5.75 Å². The fourth-order valence-electron chi connectivity index (χ4n) is 3.88. The maximum atomic E-state index is 15.4. The third-order valence-electron chi connectivity index (χ3n) is 5.61. The molecular weight excluding hydrogens is 515 g/mol. The Labute approximate surface area is 223 Å². The number of carbonyl (C=O) groups is 2. The van der Waals surface area contributed by atoms with Gasteiger partial charge in [0.05, 0.1) is 23.4 Å². The molecular formula is C28H30F3N3O5. The zero-order valence-corrected chi connectivity index (χ0v) is 22.2. The third-order valence-corrected chi connectivity index (χ3v) is 5.61. The van der Waals surface area contributed by atoms with Crippen molar-refractivity contribution in [1.82, 2.24) is 4.57 Å². The second-order valence-corrected chi connectivity index (χ2v) is 9.82. The van der Waals surface area contributed by atoms with E-state index in [4.69, 9.17) is 15.2 Å². The van der Waals surface area contributed by atoms with Gasteiger partial charge in [-0.15, -0.1) is 0 Å². The number of nitrogens with two attached hydrogens (primary N) is 1. The van der Waals surface area contributed by atoms with Gasteiger partial charge in [-0.05, 0) is 57.5 Å². The predicted octanol–water partition coefficient (Wildman–Crippen LogP) is 4.27. The SMILES string of the molecule is CNc1c(C(=O)c2ccc(F)cc2F)ccc(=O)n1-c1c(C)cc(OCCC(N)C(=O)OC(C)(C)C)cc1F. The highest BCUT2D eigenvalue weighted by atomic mass is 19.1. The molecule has 0 aliphatic carbocycles.